The third kappa shape index (κ3) is 3.64. The number of fused-ring (bicyclic) bond motifs is 1. The van der Waals surface area contributed by atoms with Gasteiger partial charge >= 0.3 is 0 Å². The van der Waals surface area contributed by atoms with Crippen molar-refractivity contribution >= 4 is 22.5 Å². The SMILES string of the molecule is CCn1c(C)cc2cc(NC(=O)CCC3CCCCN3C)ccc21. The molecule has 1 unspecified atom stereocenters. The van der Waals surface area contributed by atoms with Crippen molar-refractivity contribution in [2.75, 3.05) is 18.9 Å². The maximum atomic E-state index is 12.3. The number of carbonyl (C=O) groups is 1. The molecule has 1 amide bonds. The maximum Gasteiger partial charge on any atom is 0.224 e. The Morgan fingerprint density at radius 2 is 2.12 bits per heavy atom. The molecule has 0 spiro atoms. The number of aryl methyl sites for hydroxylation is 2. The van der Waals surface area contributed by atoms with Gasteiger partial charge in [0.05, 0.1) is 0 Å². The summed E-state index contributed by atoms with van der Waals surface area (Å²) in [6.45, 7) is 6.42. The lowest BCUT2D eigenvalue weighted by molar-refractivity contribution is -0.116. The van der Waals surface area contributed by atoms with Gasteiger partial charge < -0.3 is 14.8 Å². The molecule has 1 aliphatic rings. The van der Waals surface area contributed by atoms with E-state index in [1.54, 1.807) is 0 Å². The number of anilines is 1. The number of hydrogen-bond donors (Lipinski definition) is 1. The molecule has 1 aromatic carbocycles. The van der Waals surface area contributed by atoms with E-state index in [9.17, 15) is 4.79 Å². The summed E-state index contributed by atoms with van der Waals surface area (Å²) >= 11 is 0. The zero-order valence-corrected chi connectivity index (χ0v) is 15.1. The lowest BCUT2D eigenvalue weighted by Gasteiger charge is -2.32. The Balaban J connectivity index is 1.61. The number of piperidine rings is 1. The smallest absolute Gasteiger partial charge is 0.224 e. The first-order valence-corrected chi connectivity index (χ1v) is 9.18. The monoisotopic (exact) mass is 327 g/mol. The highest BCUT2D eigenvalue weighted by atomic mass is 16.1. The maximum absolute atomic E-state index is 12.3. The molecular formula is C20H29N3O. The molecule has 0 saturated carbocycles. The molecule has 0 aliphatic carbocycles. The van der Waals surface area contributed by atoms with Gasteiger partial charge in [-0.3, -0.25) is 4.79 Å². The Labute approximate surface area is 144 Å². The summed E-state index contributed by atoms with van der Waals surface area (Å²) in [6.07, 6.45) is 5.36. The van der Waals surface area contributed by atoms with Crippen LogP contribution in [-0.2, 0) is 11.3 Å². The van der Waals surface area contributed by atoms with Crippen LogP contribution in [0.25, 0.3) is 10.9 Å². The van der Waals surface area contributed by atoms with Gasteiger partial charge in [0.1, 0.15) is 0 Å². The number of likely N-dealkylation sites (tertiary alicyclic amines) is 1. The van der Waals surface area contributed by atoms with Gasteiger partial charge in [-0.1, -0.05) is 6.42 Å². The minimum atomic E-state index is 0.125. The third-order valence-electron chi connectivity index (χ3n) is 5.33. The number of rotatable bonds is 5. The van der Waals surface area contributed by atoms with Gasteiger partial charge in [-0.25, -0.2) is 0 Å². The van der Waals surface area contributed by atoms with E-state index < -0.39 is 0 Å². The van der Waals surface area contributed by atoms with Crippen molar-refractivity contribution < 1.29 is 4.79 Å². The van der Waals surface area contributed by atoms with Gasteiger partial charge in [0.15, 0.2) is 0 Å². The Bertz CT molecular complexity index is 719. The highest BCUT2D eigenvalue weighted by Crippen LogP contribution is 2.24. The van der Waals surface area contributed by atoms with E-state index in [4.69, 9.17) is 0 Å². The van der Waals surface area contributed by atoms with Crippen molar-refractivity contribution in [2.45, 2.75) is 58.5 Å². The van der Waals surface area contributed by atoms with Crippen LogP contribution in [0.1, 0.15) is 44.7 Å². The van der Waals surface area contributed by atoms with Crippen molar-refractivity contribution in [1.29, 1.82) is 0 Å². The van der Waals surface area contributed by atoms with Gasteiger partial charge in [-0.15, -0.1) is 0 Å². The highest BCUT2D eigenvalue weighted by molar-refractivity contribution is 5.94. The Morgan fingerprint density at radius 1 is 1.29 bits per heavy atom. The molecule has 2 heterocycles. The van der Waals surface area contributed by atoms with Crippen LogP contribution in [0, 0.1) is 6.92 Å². The van der Waals surface area contributed by atoms with E-state index in [0.29, 0.717) is 12.5 Å². The zero-order valence-electron chi connectivity index (χ0n) is 15.1. The molecule has 2 aromatic rings. The molecule has 1 saturated heterocycles. The summed E-state index contributed by atoms with van der Waals surface area (Å²) < 4.78 is 2.29. The minimum Gasteiger partial charge on any atom is -0.345 e. The van der Waals surface area contributed by atoms with Gasteiger partial charge in [0.25, 0.3) is 0 Å². The summed E-state index contributed by atoms with van der Waals surface area (Å²) in [7, 11) is 2.18. The lowest BCUT2D eigenvalue weighted by atomic mass is 9.98. The summed E-state index contributed by atoms with van der Waals surface area (Å²) in [5.41, 5.74) is 3.39. The summed E-state index contributed by atoms with van der Waals surface area (Å²) in [5.74, 6) is 0.125. The van der Waals surface area contributed by atoms with Gasteiger partial charge in [-0.05, 0) is 71.0 Å². The van der Waals surface area contributed by atoms with Crippen LogP contribution in [0.5, 0.6) is 0 Å². The molecule has 1 aromatic heterocycles. The van der Waals surface area contributed by atoms with E-state index in [1.165, 1.54) is 35.9 Å². The lowest BCUT2D eigenvalue weighted by Crippen LogP contribution is -2.36. The third-order valence-corrected chi connectivity index (χ3v) is 5.33. The van der Waals surface area contributed by atoms with Crippen LogP contribution >= 0.6 is 0 Å². The molecule has 24 heavy (non-hydrogen) atoms. The fourth-order valence-corrected chi connectivity index (χ4v) is 3.94. The molecule has 4 heteroatoms. The fourth-order valence-electron chi connectivity index (χ4n) is 3.94. The summed E-state index contributed by atoms with van der Waals surface area (Å²) in [6, 6.07) is 8.95. The van der Waals surface area contributed by atoms with Crippen LogP contribution in [0.3, 0.4) is 0 Å². The average Bonchev–Trinajstić information content (AvgIpc) is 2.88. The average molecular weight is 327 g/mol. The quantitative estimate of drug-likeness (QED) is 0.895. The number of nitrogens with zero attached hydrogens (tertiary/aromatic N) is 2. The highest BCUT2D eigenvalue weighted by Gasteiger charge is 2.19. The van der Waals surface area contributed by atoms with Crippen LogP contribution in [0.4, 0.5) is 5.69 Å². The molecule has 130 valence electrons. The molecule has 1 aliphatic heterocycles. The molecule has 3 rings (SSSR count). The Kier molecular flexibility index (Phi) is 5.24. The summed E-state index contributed by atoms with van der Waals surface area (Å²) in [4.78, 5) is 14.7. The first-order valence-electron chi connectivity index (χ1n) is 9.18. The largest absolute Gasteiger partial charge is 0.345 e. The molecule has 0 radical (unpaired) electrons. The number of aromatic nitrogens is 1. The van der Waals surface area contributed by atoms with E-state index in [0.717, 1.165) is 25.2 Å². The minimum absolute atomic E-state index is 0.125. The van der Waals surface area contributed by atoms with Crippen LogP contribution in [0.2, 0.25) is 0 Å². The summed E-state index contributed by atoms with van der Waals surface area (Å²) in [5, 5.41) is 4.26. The number of amides is 1. The molecule has 1 atom stereocenters. The normalized spacial score (nSPS) is 18.9. The van der Waals surface area contributed by atoms with E-state index in [1.807, 2.05) is 6.07 Å². The van der Waals surface area contributed by atoms with Crippen LogP contribution in [-0.4, -0.2) is 35.0 Å². The first-order chi connectivity index (χ1) is 11.6. The van der Waals surface area contributed by atoms with Crippen molar-refractivity contribution in [3.63, 3.8) is 0 Å². The zero-order chi connectivity index (χ0) is 17.1. The van der Waals surface area contributed by atoms with Crippen molar-refractivity contribution in [2.24, 2.45) is 0 Å². The first kappa shape index (κ1) is 17.0. The molecular weight excluding hydrogens is 298 g/mol. The number of nitrogens with one attached hydrogen (secondary N) is 1. The van der Waals surface area contributed by atoms with E-state index >= 15 is 0 Å². The molecule has 0 bridgehead atoms. The standard InChI is InChI=1S/C20H29N3O/c1-4-23-15(2)13-16-14-17(8-10-19(16)23)21-20(24)11-9-18-7-5-6-12-22(18)3/h8,10,13-14,18H,4-7,9,11-12H2,1-3H3,(H,21,24). The molecule has 4 nitrogen and oxygen atoms in total. The number of carbonyl (C=O) groups excluding carboxylic acids is 1. The van der Waals surface area contributed by atoms with E-state index in [2.05, 4.69) is 53.9 Å². The molecule has 1 fully saturated rings. The topological polar surface area (TPSA) is 37.3 Å². The van der Waals surface area contributed by atoms with Crippen molar-refractivity contribution in [1.82, 2.24) is 9.47 Å². The second kappa shape index (κ2) is 7.39. The number of benzene rings is 1. The van der Waals surface area contributed by atoms with Gasteiger partial charge in [0.2, 0.25) is 5.91 Å². The van der Waals surface area contributed by atoms with Crippen molar-refractivity contribution in [3.05, 3.63) is 30.0 Å². The van der Waals surface area contributed by atoms with Crippen LogP contribution in [0.15, 0.2) is 24.3 Å². The molecule has 1 N–H and O–H groups in total. The Hall–Kier alpha value is -1.81. The second-order valence-electron chi connectivity index (χ2n) is 7.02. The predicted octanol–water partition coefficient (Wildman–Crippen LogP) is 4.17. The van der Waals surface area contributed by atoms with Gasteiger partial charge in [-0.2, -0.15) is 0 Å². The Morgan fingerprint density at radius 3 is 2.88 bits per heavy atom. The van der Waals surface area contributed by atoms with Gasteiger partial charge in [0, 0.05) is 41.3 Å². The van der Waals surface area contributed by atoms with Crippen LogP contribution < -0.4 is 5.32 Å². The fraction of sp³-hybridized carbons (Fsp3) is 0.550. The second-order valence-corrected chi connectivity index (χ2v) is 7.02. The van der Waals surface area contributed by atoms with Crippen molar-refractivity contribution in [3.8, 4) is 0 Å². The van der Waals surface area contributed by atoms with E-state index in [-0.39, 0.29) is 5.91 Å². The predicted molar refractivity (Wildman–Crippen MR) is 100 cm³/mol. The number of hydrogen-bond acceptors (Lipinski definition) is 2.